The molecule has 2 rings (SSSR count). The van der Waals surface area contributed by atoms with Crippen LogP contribution in [0.4, 0.5) is 10.5 Å². The number of nitrogens with one attached hydrogen (secondary N) is 2. The molecule has 114 valence electrons. The maximum Gasteiger partial charge on any atom is 0.316 e. The van der Waals surface area contributed by atoms with Crippen LogP contribution in [0.3, 0.4) is 0 Å². The zero-order chi connectivity index (χ0) is 15.2. The summed E-state index contributed by atoms with van der Waals surface area (Å²) in [7, 11) is 0. The second-order valence-electron chi connectivity index (χ2n) is 5.22. The van der Waals surface area contributed by atoms with Crippen LogP contribution in [-0.4, -0.2) is 42.5 Å². The molecule has 0 bridgehead atoms. The number of carbonyl (C=O) groups excluding carboxylic acids is 2. The highest BCUT2D eigenvalue weighted by atomic mass is 16.2. The van der Waals surface area contributed by atoms with Crippen molar-refractivity contribution in [2.24, 2.45) is 5.73 Å². The average molecular weight is 290 g/mol. The van der Waals surface area contributed by atoms with Crippen molar-refractivity contribution in [2.75, 3.05) is 25.0 Å². The van der Waals surface area contributed by atoms with Gasteiger partial charge in [0, 0.05) is 30.4 Å². The first-order valence-corrected chi connectivity index (χ1v) is 7.30. The SMILES string of the molecule is CCCN(C(=O)c1cccc(NC(N)=O)c1)C1CCNC1. The Bertz CT molecular complexity index is 512. The molecule has 1 aliphatic heterocycles. The first kappa shape index (κ1) is 15.3. The standard InChI is InChI=1S/C15H22N4O2/c1-2-8-19(13-6-7-17-10-13)14(20)11-4-3-5-12(9-11)18-15(16)21/h3-5,9,13,17H,2,6-8,10H2,1H3,(H3,16,18,21). The van der Waals surface area contributed by atoms with E-state index >= 15 is 0 Å². The van der Waals surface area contributed by atoms with Crippen molar-refractivity contribution in [1.82, 2.24) is 10.2 Å². The number of hydrogen-bond donors (Lipinski definition) is 3. The molecule has 1 unspecified atom stereocenters. The van der Waals surface area contributed by atoms with Crippen LogP contribution in [0, 0.1) is 0 Å². The minimum Gasteiger partial charge on any atom is -0.351 e. The van der Waals surface area contributed by atoms with Crippen LogP contribution in [-0.2, 0) is 0 Å². The highest BCUT2D eigenvalue weighted by Gasteiger charge is 2.26. The Morgan fingerprint density at radius 1 is 1.48 bits per heavy atom. The van der Waals surface area contributed by atoms with Gasteiger partial charge in [-0.25, -0.2) is 4.79 Å². The molecule has 21 heavy (non-hydrogen) atoms. The summed E-state index contributed by atoms with van der Waals surface area (Å²) in [6.07, 6.45) is 1.90. The first-order valence-electron chi connectivity index (χ1n) is 7.30. The first-order chi connectivity index (χ1) is 10.1. The summed E-state index contributed by atoms with van der Waals surface area (Å²) in [5.74, 6) is -0.00123. The zero-order valence-corrected chi connectivity index (χ0v) is 12.3. The van der Waals surface area contributed by atoms with Crippen molar-refractivity contribution in [3.63, 3.8) is 0 Å². The van der Waals surface area contributed by atoms with Gasteiger partial charge in [-0.1, -0.05) is 13.0 Å². The molecule has 1 saturated heterocycles. The lowest BCUT2D eigenvalue weighted by Crippen LogP contribution is -2.42. The van der Waals surface area contributed by atoms with Crippen LogP contribution in [0.15, 0.2) is 24.3 Å². The van der Waals surface area contributed by atoms with E-state index in [1.807, 2.05) is 4.90 Å². The lowest BCUT2D eigenvalue weighted by molar-refractivity contribution is 0.0692. The molecule has 1 aromatic rings. The van der Waals surface area contributed by atoms with Gasteiger partial charge >= 0.3 is 6.03 Å². The molecule has 1 aromatic carbocycles. The van der Waals surface area contributed by atoms with Crippen LogP contribution in [0.5, 0.6) is 0 Å². The third-order valence-corrected chi connectivity index (χ3v) is 3.58. The number of rotatable bonds is 5. The fourth-order valence-electron chi connectivity index (χ4n) is 2.63. The number of nitrogens with two attached hydrogens (primary N) is 1. The van der Waals surface area contributed by atoms with Gasteiger partial charge < -0.3 is 21.3 Å². The van der Waals surface area contributed by atoms with Crippen molar-refractivity contribution in [2.45, 2.75) is 25.8 Å². The average Bonchev–Trinajstić information content (AvgIpc) is 2.97. The zero-order valence-electron chi connectivity index (χ0n) is 12.3. The summed E-state index contributed by atoms with van der Waals surface area (Å²) >= 11 is 0. The Kier molecular flexibility index (Phi) is 5.16. The molecule has 0 aliphatic carbocycles. The molecule has 0 spiro atoms. The van der Waals surface area contributed by atoms with Crippen molar-refractivity contribution >= 4 is 17.6 Å². The molecule has 6 heteroatoms. The van der Waals surface area contributed by atoms with Gasteiger partial charge in [0.15, 0.2) is 0 Å². The van der Waals surface area contributed by atoms with E-state index in [9.17, 15) is 9.59 Å². The lowest BCUT2D eigenvalue weighted by Gasteiger charge is -2.28. The number of benzene rings is 1. The van der Waals surface area contributed by atoms with Gasteiger partial charge in [0.25, 0.3) is 5.91 Å². The van der Waals surface area contributed by atoms with Gasteiger partial charge in [-0.05, 0) is 37.6 Å². The van der Waals surface area contributed by atoms with Crippen molar-refractivity contribution in [1.29, 1.82) is 0 Å². The second kappa shape index (κ2) is 7.08. The van der Waals surface area contributed by atoms with Gasteiger partial charge in [-0.3, -0.25) is 4.79 Å². The van der Waals surface area contributed by atoms with Crippen LogP contribution >= 0.6 is 0 Å². The number of hydrogen-bond acceptors (Lipinski definition) is 3. The largest absolute Gasteiger partial charge is 0.351 e. The maximum atomic E-state index is 12.7. The summed E-state index contributed by atoms with van der Waals surface area (Å²) in [6.45, 7) is 4.58. The Labute approximate surface area is 124 Å². The molecule has 1 aliphatic rings. The van der Waals surface area contributed by atoms with Crippen LogP contribution in [0.1, 0.15) is 30.1 Å². The summed E-state index contributed by atoms with van der Waals surface area (Å²) in [4.78, 5) is 25.5. The van der Waals surface area contributed by atoms with Gasteiger partial charge in [0.2, 0.25) is 0 Å². The van der Waals surface area contributed by atoms with E-state index < -0.39 is 6.03 Å². The molecule has 1 fully saturated rings. The normalized spacial score (nSPS) is 17.5. The fraction of sp³-hybridized carbons (Fsp3) is 0.467. The summed E-state index contributed by atoms with van der Waals surface area (Å²) in [5.41, 5.74) is 6.21. The Morgan fingerprint density at radius 3 is 2.90 bits per heavy atom. The number of nitrogens with zero attached hydrogens (tertiary/aromatic N) is 1. The van der Waals surface area contributed by atoms with Gasteiger partial charge in [0.1, 0.15) is 0 Å². The number of anilines is 1. The van der Waals surface area contributed by atoms with E-state index in [1.54, 1.807) is 24.3 Å². The molecule has 0 aromatic heterocycles. The van der Waals surface area contributed by atoms with Crippen LogP contribution in [0.2, 0.25) is 0 Å². The Hall–Kier alpha value is -2.08. The van der Waals surface area contributed by atoms with Crippen molar-refractivity contribution in [3.05, 3.63) is 29.8 Å². The summed E-state index contributed by atoms with van der Waals surface area (Å²) < 4.78 is 0. The highest BCUT2D eigenvalue weighted by Crippen LogP contribution is 2.17. The van der Waals surface area contributed by atoms with Crippen LogP contribution in [0.25, 0.3) is 0 Å². The highest BCUT2D eigenvalue weighted by molar-refractivity contribution is 5.96. The topological polar surface area (TPSA) is 87.5 Å². The predicted molar refractivity (Wildman–Crippen MR) is 82.3 cm³/mol. The monoisotopic (exact) mass is 290 g/mol. The van der Waals surface area contributed by atoms with Gasteiger partial charge in [0.05, 0.1) is 0 Å². The predicted octanol–water partition coefficient (Wildman–Crippen LogP) is 1.39. The molecular weight excluding hydrogens is 268 g/mol. The number of urea groups is 1. The lowest BCUT2D eigenvalue weighted by atomic mass is 10.1. The molecule has 1 heterocycles. The van der Waals surface area contributed by atoms with Gasteiger partial charge in [-0.15, -0.1) is 0 Å². The molecule has 6 nitrogen and oxygen atoms in total. The van der Waals surface area contributed by atoms with Crippen molar-refractivity contribution < 1.29 is 9.59 Å². The molecular formula is C15H22N4O2. The number of primary amides is 1. The van der Waals surface area contributed by atoms with E-state index in [0.29, 0.717) is 11.3 Å². The van der Waals surface area contributed by atoms with Gasteiger partial charge in [-0.2, -0.15) is 0 Å². The van der Waals surface area contributed by atoms with Crippen molar-refractivity contribution in [3.8, 4) is 0 Å². The third kappa shape index (κ3) is 3.95. The summed E-state index contributed by atoms with van der Waals surface area (Å²) in [6, 6.07) is 6.49. The third-order valence-electron chi connectivity index (χ3n) is 3.58. The number of carbonyl (C=O) groups is 2. The maximum absolute atomic E-state index is 12.7. The second-order valence-corrected chi connectivity index (χ2v) is 5.22. The Balaban J connectivity index is 2.17. The molecule has 1 atom stereocenters. The van der Waals surface area contributed by atoms with E-state index in [2.05, 4.69) is 17.6 Å². The minimum absolute atomic E-state index is 0.00123. The smallest absolute Gasteiger partial charge is 0.316 e. The van der Waals surface area contributed by atoms with Crippen LogP contribution < -0.4 is 16.4 Å². The Morgan fingerprint density at radius 2 is 2.29 bits per heavy atom. The van der Waals surface area contributed by atoms with E-state index in [4.69, 9.17) is 5.73 Å². The number of amides is 3. The fourth-order valence-corrected chi connectivity index (χ4v) is 2.63. The van der Waals surface area contributed by atoms with E-state index in [-0.39, 0.29) is 11.9 Å². The molecule has 4 N–H and O–H groups in total. The van der Waals surface area contributed by atoms with E-state index in [0.717, 1.165) is 32.5 Å². The molecule has 0 saturated carbocycles. The molecule has 0 radical (unpaired) electrons. The summed E-state index contributed by atoms with van der Waals surface area (Å²) in [5, 5.41) is 5.78. The quantitative estimate of drug-likeness (QED) is 0.766. The molecule has 3 amide bonds. The van der Waals surface area contributed by atoms with E-state index in [1.165, 1.54) is 0 Å². The minimum atomic E-state index is -0.634.